The number of rotatable bonds is 4. The minimum Gasteiger partial charge on any atom is -0.508 e. The smallest absolute Gasteiger partial charge is 0.177 e. The molecule has 0 spiro atoms. The van der Waals surface area contributed by atoms with Crippen LogP contribution >= 0.6 is 0 Å². The van der Waals surface area contributed by atoms with Gasteiger partial charge in [0.1, 0.15) is 11.6 Å². The summed E-state index contributed by atoms with van der Waals surface area (Å²) in [7, 11) is -3.36. The van der Waals surface area contributed by atoms with Crippen LogP contribution in [0.25, 0.3) is 0 Å². The van der Waals surface area contributed by atoms with Gasteiger partial charge in [0.25, 0.3) is 0 Å². The van der Waals surface area contributed by atoms with E-state index in [-0.39, 0.29) is 17.2 Å². The molecule has 6 heteroatoms. The number of sulfone groups is 1. The number of hydrogen-bond donors (Lipinski definition) is 2. The summed E-state index contributed by atoms with van der Waals surface area (Å²) in [6, 6.07) is 10.0. The Kier molecular flexibility index (Phi) is 3.94. The SMILES string of the molecule is CS(=O)(=O)c1ccccc1NCc1cc(F)ccc1O. The molecule has 0 atom stereocenters. The third kappa shape index (κ3) is 3.27. The van der Waals surface area contributed by atoms with E-state index in [1.165, 1.54) is 18.2 Å². The fraction of sp³-hybridized carbons (Fsp3) is 0.143. The van der Waals surface area contributed by atoms with E-state index in [1.54, 1.807) is 18.2 Å². The van der Waals surface area contributed by atoms with E-state index in [0.29, 0.717) is 11.3 Å². The highest BCUT2D eigenvalue weighted by Gasteiger charge is 2.12. The summed E-state index contributed by atoms with van der Waals surface area (Å²) in [5.74, 6) is -0.508. The monoisotopic (exact) mass is 295 g/mol. The lowest BCUT2D eigenvalue weighted by Gasteiger charge is -2.11. The van der Waals surface area contributed by atoms with Gasteiger partial charge >= 0.3 is 0 Å². The molecule has 4 nitrogen and oxygen atoms in total. The molecule has 0 aliphatic carbocycles. The van der Waals surface area contributed by atoms with Crippen LogP contribution in [0.5, 0.6) is 5.75 Å². The average molecular weight is 295 g/mol. The van der Waals surface area contributed by atoms with Crippen molar-refractivity contribution in [3.05, 3.63) is 53.8 Å². The number of aromatic hydroxyl groups is 1. The first kappa shape index (κ1) is 14.3. The molecule has 2 N–H and O–H groups in total. The van der Waals surface area contributed by atoms with E-state index in [9.17, 15) is 17.9 Å². The Hall–Kier alpha value is -2.08. The number of hydrogen-bond acceptors (Lipinski definition) is 4. The van der Waals surface area contributed by atoms with Crippen molar-refractivity contribution in [1.29, 1.82) is 0 Å². The Morgan fingerprint density at radius 3 is 2.60 bits per heavy atom. The number of phenols is 1. The molecule has 0 saturated heterocycles. The molecular formula is C14H14FNO3S. The van der Waals surface area contributed by atoms with E-state index in [0.717, 1.165) is 12.3 Å². The van der Waals surface area contributed by atoms with Crippen LogP contribution in [0.15, 0.2) is 47.4 Å². The van der Waals surface area contributed by atoms with Crippen LogP contribution in [0.4, 0.5) is 10.1 Å². The van der Waals surface area contributed by atoms with Crippen LogP contribution in [0.2, 0.25) is 0 Å². The van der Waals surface area contributed by atoms with Gasteiger partial charge in [-0.3, -0.25) is 0 Å². The molecule has 20 heavy (non-hydrogen) atoms. The first-order chi connectivity index (χ1) is 9.38. The third-order valence-corrected chi connectivity index (χ3v) is 3.95. The van der Waals surface area contributed by atoms with E-state index < -0.39 is 15.7 Å². The fourth-order valence-corrected chi connectivity index (χ4v) is 2.69. The zero-order valence-corrected chi connectivity index (χ0v) is 11.6. The van der Waals surface area contributed by atoms with Gasteiger partial charge in [-0.2, -0.15) is 0 Å². The van der Waals surface area contributed by atoms with Crippen molar-refractivity contribution < 1.29 is 17.9 Å². The van der Waals surface area contributed by atoms with E-state index >= 15 is 0 Å². The van der Waals surface area contributed by atoms with Crippen LogP contribution in [0.1, 0.15) is 5.56 Å². The zero-order chi connectivity index (χ0) is 14.8. The molecule has 0 bridgehead atoms. The maximum absolute atomic E-state index is 13.1. The lowest BCUT2D eigenvalue weighted by Crippen LogP contribution is -2.06. The molecule has 0 saturated carbocycles. The van der Waals surface area contributed by atoms with Gasteiger partial charge in [0.2, 0.25) is 0 Å². The predicted molar refractivity (Wildman–Crippen MR) is 74.9 cm³/mol. The van der Waals surface area contributed by atoms with Crippen LogP contribution in [-0.2, 0) is 16.4 Å². The van der Waals surface area contributed by atoms with Crippen LogP contribution in [-0.4, -0.2) is 19.8 Å². The molecule has 2 rings (SSSR count). The Morgan fingerprint density at radius 2 is 1.90 bits per heavy atom. The van der Waals surface area contributed by atoms with Crippen LogP contribution in [0, 0.1) is 5.82 Å². The minimum atomic E-state index is -3.36. The highest BCUT2D eigenvalue weighted by Crippen LogP contribution is 2.23. The van der Waals surface area contributed by atoms with Gasteiger partial charge in [0, 0.05) is 18.4 Å². The van der Waals surface area contributed by atoms with Gasteiger partial charge in [-0.15, -0.1) is 0 Å². The molecule has 0 amide bonds. The fourth-order valence-electron chi connectivity index (χ4n) is 1.82. The highest BCUT2D eigenvalue weighted by molar-refractivity contribution is 7.90. The van der Waals surface area contributed by atoms with Crippen molar-refractivity contribution in [3.8, 4) is 5.75 Å². The van der Waals surface area contributed by atoms with Gasteiger partial charge in [-0.25, -0.2) is 12.8 Å². The molecule has 0 heterocycles. The number of phenolic OH excluding ortho intramolecular Hbond substituents is 1. The number of anilines is 1. The van der Waals surface area contributed by atoms with Crippen molar-refractivity contribution >= 4 is 15.5 Å². The third-order valence-electron chi connectivity index (χ3n) is 2.80. The topological polar surface area (TPSA) is 66.4 Å². The number of halogens is 1. The summed E-state index contributed by atoms with van der Waals surface area (Å²) in [5, 5.41) is 12.5. The number of benzene rings is 2. The quantitative estimate of drug-likeness (QED) is 0.909. The van der Waals surface area contributed by atoms with Gasteiger partial charge in [0.15, 0.2) is 9.84 Å². The molecule has 0 aliphatic rings. The summed E-state index contributed by atoms with van der Waals surface area (Å²) >= 11 is 0. The molecule has 0 unspecified atom stereocenters. The second kappa shape index (κ2) is 5.50. The normalized spacial score (nSPS) is 11.3. The standard InChI is InChI=1S/C14H14FNO3S/c1-20(18,19)14-5-3-2-4-12(14)16-9-10-8-11(15)6-7-13(10)17/h2-8,16-17H,9H2,1H3. The second-order valence-electron chi connectivity index (χ2n) is 4.39. The summed E-state index contributed by atoms with van der Waals surface area (Å²) in [5.41, 5.74) is 0.770. The van der Waals surface area contributed by atoms with Gasteiger partial charge in [0.05, 0.1) is 10.6 Å². The predicted octanol–water partition coefficient (Wildman–Crippen LogP) is 2.55. The largest absolute Gasteiger partial charge is 0.508 e. The van der Waals surface area contributed by atoms with Gasteiger partial charge in [-0.05, 0) is 30.3 Å². The summed E-state index contributed by atoms with van der Waals surface area (Å²) < 4.78 is 36.4. The number of nitrogens with one attached hydrogen (secondary N) is 1. The Bertz CT molecular complexity index is 729. The first-order valence-electron chi connectivity index (χ1n) is 5.88. The molecule has 0 fully saturated rings. The summed E-state index contributed by atoms with van der Waals surface area (Å²) in [6.07, 6.45) is 1.12. The van der Waals surface area contributed by atoms with Crippen LogP contribution in [0.3, 0.4) is 0 Å². The zero-order valence-electron chi connectivity index (χ0n) is 10.8. The molecule has 106 valence electrons. The maximum atomic E-state index is 13.1. The molecule has 2 aromatic rings. The summed E-state index contributed by atoms with van der Waals surface area (Å²) in [6.45, 7) is 0.121. The van der Waals surface area contributed by atoms with Crippen LogP contribution < -0.4 is 5.32 Å². The molecular weight excluding hydrogens is 281 g/mol. The lowest BCUT2D eigenvalue weighted by atomic mass is 10.2. The first-order valence-corrected chi connectivity index (χ1v) is 7.77. The van der Waals surface area contributed by atoms with Crippen molar-refractivity contribution in [3.63, 3.8) is 0 Å². The molecule has 0 aromatic heterocycles. The second-order valence-corrected chi connectivity index (χ2v) is 6.38. The summed E-state index contributed by atoms with van der Waals surface area (Å²) in [4.78, 5) is 0.163. The minimum absolute atomic E-state index is 0.0456. The Morgan fingerprint density at radius 1 is 1.20 bits per heavy atom. The maximum Gasteiger partial charge on any atom is 0.177 e. The van der Waals surface area contributed by atoms with E-state index in [4.69, 9.17) is 0 Å². The Balaban J connectivity index is 2.26. The molecule has 0 radical (unpaired) electrons. The molecule has 2 aromatic carbocycles. The van der Waals surface area contributed by atoms with E-state index in [2.05, 4.69) is 5.32 Å². The van der Waals surface area contributed by atoms with E-state index in [1.807, 2.05) is 0 Å². The lowest BCUT2D eigenvalue weighted by molar-refractivity contribution is 0.466. The highest BCUT2D eigenvalue weighted by atomic mass is 32.2. The van der Waals surface area contributed by atoms with Crippen molar-refractivity contribution in [2.24, 2.45) is 0 Å². The van der Waals surface area contributed by atoms with Gasteiger partial charge in [-0.1, -0.05) is 12.1 Å². The van der Waals surface area contributed by atoms with Gasteiger partial charge < -0.3 is 10.4 Å². The van der Waals surface area contributed by atoms with Crippen molar-refractivity contribution in [1.82, 2.24) is 0 Å². The Labute approximate surface area is 116 Å². The molecule has 0 aliphatic heterocycles. The number of para-hydroxylation sites is 1. The average Bonchev–Trinajstić information content (AvgIpc) is 2.39. The van der Waals surface area contributed by atoms with Crippen molar-refractivity contribution in [2.75, 3.05) is 11.6 Å². The van der Waals surface area contributed by atoms with Crippen molar-refractivity contribution in [2.45, 2.75) is 11.4 Å².